The molecule has 0 radical (unpaired) electrons. The van der Waals surface area contributed by atoms with E-state index in [0.29, 0.717) is 13.0 Å². The van der Waals surface area contributed by atoms with Gasteiger partial charge in [-0.2, -0.15) is 0 Å². The van der Waals surface area contributed by atoms with Crippen LogP contribution in [0.3, 0.4) is 0 Å². The Kier molecular flexibility index (Phi) is 6.00. The van der Waals surface area contributed by atoms with Crippen LogP contribution >= 0.6 is 0 Å². The lowest BCUT2D eigenvalue weighted by molar-refractivity contribution is -0.384. The van der Waals surface area contributed by atoms with E-state index in [1.807, 2.05) is 38.4 Å². The number of aromatic nitrogens is 2. The second-order valence-corrected chi connectivity index (χ2v) is 6.78. The number of fused-ring (bicyclic) bond motifs is 1. The maximum Gasteiger partial charge on any atom is 0.270 e. The maximum absolute atomic E-state index is 12.3. The van der Waals surface area contributed by atoms with Crippen molar-refractivity contribution in [2.45, 2.75) is 13.0 Å². The molecule has 0 spiro atoms. The molecule has 3 aromatic rings. The summed E-state index contributed by atoms with van der Waals surface area (Å²) in [5.74, 6) is 0.571. The van der Waals surface area contributed by atoms with Crippen LogP contribution in [0.1, 0.15) is 16.2 Å². The Balaban J connectivity index is 1.69. The molecule has 1 aromatic heterocycles. The zero-order valence-corrected chi connectivity index (χ0v) is 16.0. The molecular formula is C20H23N5O3. The number of nitrogens with one attached hydrogen (secondary N) is 1. The van der Waals surface area contributed by atoms with Crippen LogP contribution < -0.4 is 5.32 Å². The van der Waals surface area contributed by atoms with Crippen molar-refractivity contribution in [1.29, 1.82) is 0 Å². The predicted molar refractivity (Wildman–Crippen MR) is 107 cm³/mol. The number of carbonyl (C=O) groups excluding carboxylic acids is 1. The monoisotopic (exact) mass is 381 g/mol. The molecular weight excluding hydrogens is 358 g/mol. The number of nitro benzene ring substituents is 1. The van der Waals surface area contributed by atoms with Gasteiger partial charge in [0.05, 0.1) is 16.0 Å². The molecule has 0 fully saturated rings. The molecule has 0 atom stereocenters. The molecule has 2 aromatic carbocycles. The van der Waals surface area contributed by atoms with E-state index >= 15 is 0 Å². The van der Waals surface area contributed by atoms with Gasteiger partial charge < -0.3 is 14.8 Å². The standard InChI is InChI=1S/C20H23N5O3/c1-23(2)12-13-24-18-9-4-3-8-17(18)22-19(24)10-11-21-20(26)15-6-5-7-16(14-15)25(27)28/h3-9,14H,10-13H2,1-2H3,(H,21,26). The van der Waals surface area contributed by atoms with Crippen LogP contribution in [0.25, 0.3) is 11.0 Å². The molecule has 3 rings (SSSR count). The molecule has 0 saturated heterocycles. The first-order chi connectivity index (χ1) is 13.5. The van der Waals surface area contributed by atoms with Crippen molar-refractivity contribution in [3.63, 3.8) is 0 Å². The molecule has 0 unspecified atom stereocenters. The van der Waals surface area contributed by atoms with Crippen LogP contribution in [0.5, 0.6) is 0 Å². The average molecular weight is 381 g/mol. The van der Waals surface area contributed by atoms with Crippen LogP contribution in [-0.4, -0.2) is 52.5 Å². The predicted octanol–water partition coefficient (Wildman–Crippen LogP) is 2.48. The summed E-state index contributed by atoms with van der Waals surface area (Å²) in [5.41, 5.74) is 2.18. The first-order valence-electron chi connectivity index (χ1n) is 9.07. The smallest absolute Gasteiger partial charge is 0.270 e. The van der Waals surface area contributed by atoms with E-state index in [1.165, 1.54) is 18.2 Å². The molecule has 1 amide bonds. The van der Waals surface area contributed by atoms with Crippen molar-refractivity contribution >= 4 is 22.6 Å². The molecule has 0 aliphatic rings. The summed E-state index contributed by atoms with van der Waals surface area (Å²) in [5, 5.41) is 13.7. The van der Waals surface area contributed by atoms with E-state index in [9.17, 15) is 14.9 Å². The number of benzene rings is 2. The molecule has 0 bridgehead atoms. The van der Waals surface area contributed by atoms with Gasteiger partial charge >= 0.3 is 0 Å². The van der Waals surface area contributed by atoms with E-state index in [2.05, 4.69) is 14.8 Å². The molecule has 0 aliphatic carbocycles. The lowest BCUT2D eigenvalue weighted by Gasteiger charge is -2.13. The Morgan fingerprint density at radius 2 is 2.00 bits per heavy atom. The second-order valence-electron chi connectivity index (χ2n) is 6.78. The minimum atomic E-state index is -0.510. The fraction of sp³-hybridized carbons (Fsp3) is 0.300. The highest BCUT2D eigenvalue weighted by atomic mass is 16.6. The highest BCUT2D eigenvalue weighted by Crippen LogP contribution is 2.17. The van der Waals surface area contributed by atoms with Gasteiger partial charge in [-0.15, -0.1) is 0 Å². The Morgan fingerprint density at radius 1 is 1.21 bits per heavy atom. The van der Waals surface area contributed by atoms with E-state index in [0.717, 1.165) is 29.9 Å². The van der Waals surface area contributed by atoms with Crippen LogP contribution in [0.4, 0.5) is 5.69 Å². The molecule has 1 heterocycles. The van der Waals surface area contributed by atoms with Gasteiger partial charge in [-0.05, 0) is 32.3 Å². The topological polar surface area (TPSA) is 93.3 Å². The SMILES string of the molecule is CN(C)CCn1c(CCNC(=O)c2cccc([N+](=O)[O-])c2)nc2ccccc21. The number of amides is 1. The Hall–Kier alpha value is -3.26. The summed E-state index contributed by atoms with van der Waals surface area (Å²) < 4.78 is 2.18. The van der Waals surface area contributed by atoms with Gasteiger partial charge in [0.1, 0.15) is 5.82 Å². The number of imidazole rings is 1. The number of likely N-dealkylation sites (N-methyl/N-ethyl adjacent to an activating group) is 1. The summed E-state index contributed by atoms with van der Waals surface area (Å²) in [6.45, 7) is 2.09. The Bertz CT molecular complexity index is 996. The molecule has 1 N–H and O–H groups in total. The van der Waals surface area contributed by atoms with Crippen molar-refractivity contribution in [2.75, 3.05) is 27.2 Å². The molecule has 8 heteroatoms. The zero-order chi connectivity index (χ0) is 20.1. The first kappa shape index (κ1) is 19.5. The normalized spacial score (nSPS) is 11.1. The molecule has 146 valence electrons. The van der Waals surface area contributed by atoms with E-state index in [-0.39, 0.29) is 17.2 Å². The average Bonchev–Trinajstić information content (AvgIpc) is 3.03. The van der Waals surface area contributed by atoms with E-state index in [4.69, 9.17) is 4.98 Å². The summed E-state index contributed by atoms with van der Waals surface area (Å²) in [7, 11) is 4.05. The lowest BCUT2D eigenvalue weighted by atomic mass is 10.2. The number of nitrogens with zero attached hydrogens (tertiary/aromatic N) is 4. The number of carbonyl (C=O) groups is 1. The summed E-state index contributed by atoms with van der Waals surface area (Å²) >= 11 is 0. The maximum atomic E-state index is 12.3. The quantitative estimate of drug-likeness (QED) is 0.478. The number of hydrogen-bond donors (Lipinski definition) is 1. The Morgan fingerprint density at radius 3 is 2.75 bits per heavy atom. The van der Waals surface area contributed by atoms with Crippen LogP contribution in [0.15, 0.2) is 48.5 Å². The number of para-hydroxylation sites is 2. The molecule has 8 nitrogen and oxygen atoms in total. The number of rotatable bonds is 8. The van der Waals surface area contributed by atoms with E-state index < -0.39 is 4.92 Å². The van der Waals surface area contributed by atoms with Crippen LogP contribution in [-0.2, 0) is 13.0 Å². The third-order valence-corrected chi connectivity index (χ3v) is 4.46. The van der Waals surface area contributed by atoms with Crippen molar-refractivity contribution in [3.8, 4) is 0 Å². The lowest BCUT2D eigenvalue weighted by Crippen LogP contribution is -2.27. The third-order valence-electron chi connectivity index (χ3n) is 4.46. The highest BCUT2D eigenvalue weighted by molar-refractivity contribution is 5.94. The second kappa shape index (κ2) is 8.62. The largest absolute Gasteiger partial charge is 0.352 e. The summed E-state index contributed by atoms with van der Waals surface area (Å²) in [6, 6.07) is 13.7. The minimum absolute atomic E-state index is 0.0990. The molecule has 0 saturated carbocycles. The molecule has 0 aliphatic heterocycles. The van der Waals surface area contributed by atoms with Crippen molar-refractivity contribution in [3.05, 3.63) is 70.0 Å². The fourth-order valence-corrected chi connectivity index (χ4v) is 3.02. The summed E-state index contributed by atoms with van der Waals surface area (Å²) in [4.78, 5) is 29.5. The van der Waals surface area contributed by atoms with Crippen molar-refractivity contribution in [2.24, 2.45) is 0 Å². The zero-order valence-electron chi connectivity index (χ0n) is 16.0. The van der Waals surface area contributed by atoms with Gasteiger partial charge in [-0.1, -0.05) is 18.2 Å². The highest BCUT2D eigenvalue weighted by Gasteiger charge is 2.13. The summed E-state index contributed by atoms with van der Waals surface area (Å²) in [6.07, 6.45) is 0.572. The van der Waals surface area contributed by atoms with Gasteiger partial charge in [-0.3, -0.25) is 14.9 Å². The fourth-order valence-electron chi connectivity index (χ4n) is 3.02. The van der Waals surface area contributed by atoms with Gasteiger partial charge in [-0.25, -0.2) is 4.98 Å². The number of hydrogen-bond acceptors (Lipinski definition) is 5. The van der Waals surface area contributed by atoms with Crippen molar-refractivity contribution < 1.29 is 9.72 Å². The van der Waals surface area contributed by atoms with E-state index in [1.54, 1.807) is 6.07 Å². The van der Waals surface area contributed by atoms with Gasteiger partial charge in [0.25, 0.3) is 11.6 Å². The first-order valence-corrected chi connectivity index (χ1v) is 9.07. The number of nitro groups is 1. The Labute approximate surface area is 162 Å². The van der Waals surface area contributed by atoms with Crippen LogP contribution in [0, 0.1) is 10.1 Å². The van der Waals surface area contributed by atoms with Gasteiger partial charge in [0.15, 0.2) is 0 Å². The van der Waals surface area contributed by atoms with Crippen LogP contribution in [0.2, 0.25) is 0 Å². The molecule has 28 heavy (non-hydrogen) atoms. The minimum Gasteiger partial charge on any atom is -0.352 e. The van der Waals surface area contributed by atoms with Crippen molar-refractivity contribution in [1.82, 2.24) is 19.8 Å². The van der Waals surface area contributed by atoms with Gasteiger partial charge in [0.2, 0.25) is 0 Å². The number of non-ortho nitro benzene ring substituents is 1. The third kappa shape index (κ3) is 4.52. The van der Waals surface area contributed by atoms with Gasteiger partial charge in [0, 0.05) is 43.8 Å².